The van der Waals surface area contributed by atoms with Crippen molar-refractivity contribution in [1.29, 1.82) is 0 Å². The Balaban J connectivity index is 1.71. The number of hydrogen-bond acceptors (Lipinski definition) is 3. The first-order chi connectivity index (χ1) is 10.3. The van der Waals surface area contributed by atoms with Crippen molar-refractivity contribution in [3.8, 4) is 0 Å². The zero-order valence-corrected chi connectivity index (χ0v) is 12.5. The number of aryl methyl sites for hydroxylation is 1. The summed E-state index contributed by atoms with van der Waals surface area (Å²) < 4.78 is 0. The molecule has 2 unspecified atom stereocenters. The number of carbonyl (C=O) groups excluding carboxylic acids is 1. The van der Waals surface area contributed by atoms with E-state index in [4.69, 9.17) is 0 Å². The molecular weight excluding hydrogens is 266 g/mol. The maximum Gasteiger partial charge on any atom is 0.272 e. The highest BCUT2D eigenvalue weighted by Crippen LogP contribution is 2.25. The topological polar surface area (TPSA) is 78.0 Å². The Labute approximate surface area is 125 Å². The lowest BCUT2D eigenvalue weighted by Crippen LogP contribution is -2.41. The van der Waals surface area contributed by atoms with E-state index in [0.29, 0.717) is 5.69 Å². The first kappa shape index (κ1) is 14.6. The van der Waals surface area contributed by atoms with E-state index in [0.717, 1.165) is 56.2 Å². The molecule has 2 atom stereocenters. The minimum Gasteiger partial charge on any atom is -0.396 e. The molecule has 5 nitrogen and oxygen atoms in total. The lowest BCUT2D eigenvalue weighted by Gasteiger charge is -2.24. The molecule has 3 N–H and O–H groups in total. The molecule has 0 radical (unpaired) electrons. The number of aromatic amines is 1. The van der Waals surface area contributed by atoms with E-state index in [1.54, 1.807) is 0 Å². The summed E-state index contributed by atoms with van der Waals surface area (Å²) in [6.45, 7) is 0.156. The van der Waals surface area contributed by atoms with Crippen molar-refractivity contribution in [2.24, 2.45) is 5.92 Å². The number of nitrogens with zero attached hydrogens (tertiary/aromatic N) is 1. The van der Waals surface area contributed by atoms with E-state index in [-0.39, 0.29) is 24.5 Å². The second-order valence-corrected chi connectivity index (χ2v) is 6.40. The lowest BCUT2D eigenvalue weighted by atomic mass is 9.94. The molecule has 1 fully saturated rings. The first-order valence-electron chi connectivity index (χ1n) is 8.27. The van der Waals surface area contributed by atoms with Gasteiger partial charge in [-0.2, -0.15) is 5.10 Å². The average molecular weight is 291 g/mol. The van der Waals surface area contributed by atoms with Crippen LogP contribution in [-0.2, 0) is 12.8 Å². The molecule has 0 aliphatic heterocycles. The van der Waals surface area contributed by atoms with Gasteiger partial charge in [0.05, 0.1) is 0 Å². The van der Waals surface area contributed by atoms with E-state index < -0.39 is 0 Å². The van der Waals surface area contributed by atoms with Crippen LogP contribution in [0.4, 0.5) is 0 Å². The van der Waals surface area contributed by atoms with Crippen LogP contribution in [0, 0.1) is 5.92 Å². The van der Waals surface area contributed by atoms with Crippen LogP contribution in [-0.4, -0.2) is 33.9 Å². The van der Waals surface area contributed by atoms with Gasteiger partial charge in [0.2, 0.25) is 0 Å². The summed E-state index contributed by atoms with van der Waals surface area (Å²) in [6.07, 6.45) is 9.68. The SMILES string of the molecule is O=C(NC1CCCCCC1CO)c1n[nH]c2c1CCCC2. The van der Waals surface area contributed by atoms with E-state index in [1.165, 1.54) is 12.8 Å². The first-order valence-corrected chi connectivity index (χ1v) is 8.27. The predicted molar refractivity (Wildman–Crippen MR) is 80.1 cm³/mol. The Morgan fingerprint density at radius 3 is 2.86 bits per heavy atom. The minimum atomic E-state index is -0.0697. The van der Waals surface area contributed by atoms with E-state index in [9.17, 15) is 9.90 Å². The molecule has 3 rings (SSSR count). The molecule has 0 saturated heterocycles. The number of rotatable bonds is 3. The van der Waals surface area contributed by atoms with Gasteiger partial charge in [-0.1, -0.05) is 19.3 Å². The van der Waals surface area contributed by atoms with Gasteiger partial charge in [-0.3, -0.25) is 9.89 Å². The molecule has 1 aromatic rings. The quantitative estimate of drug-likeness (QED) is 0.745. The van der Waals surface area contributed by atoms with Crippen LogP contribution >= 0.6 is 0 Å². The van der Waals surface area contributed by atoms with Gasteiger partial charge in [0.15, 0.2) is 5.69 Å². The molecule has 1 saturated carbocycles. The average Bonchev–Trinajstić information content (AvgIpc) is 2.81. The van der Waals surface area contributed by atoms with Gasteiger partial charge in [-0.15, -0.1) is 0 Å². The van der Waals surface area contributed by atoms with Gasteiger partial charge in [0, 0.05) is 29.8 Å². The van der Waals surface area contributed by atoms with E-state index in [2.05, 4.69) is 15.5 Å². The summed E-state index contributed by atoms with van der Waals surface area (Å²) in [6, 6.07) is 0.0842. The van der Waals surface area contributed by atoms with Crippen LogP contribution in [0.5, 0.6) is 0 Å². The van der Waals surface area contributed by atoms with Crippen LogP contribution in [0.1, 0.15) is 66.7 Å². The number of H-pyrrole nitrogens is 1. The molecular formula is C16H25N3O2. The smallest absolute Gasteiger partial charge is 0.272 e. The summed E-state index contributed by atoms with van der Waals surface area (Å²) in [5.74, 6) is 0.117. The third-order valence-corrected chi connectivity index (χ3v) is 4.98. The third-order valence-electron chi connectivity index (χ3n) is 4.98. The van der Waals surface area contributed by atoms with Crippen LogP contribution in [0.15, 0.2) is 0 Å². The molecule has 0 aromatic carbocycles. The largest absolute Gasteiger partial charge is 0.396 e. The monoisotopic (exact) mass is 291 g/mol. The zero-order chi connectivity index (χ0) is 14.7. The molecule has 2 aliphatic rings. The second-order valence-electron chi connectivity index (χ2n) is 6.40. The highest BCUT2D eigenvalue weighted by atomic mass is 16.3. The Morgan fingerprint density at radius 1 is 1.19 bits per heavy atom. The molecule has 116 valence electrons. The van der Waals surface area contributed by atoms with Crippen molar-refractivity contribution in [3.63, 3.8) is 0 Å². The zero-order valence-electron chi connectivity index (χ0n) is 12.5. The Kier molecular flexibility index (Phi) is 4.58. The number of amides is 1. The van der Waals surface area contributed by atoms with Crippen molar-refractivity contribution in [2.75, 3.05) is 6.61 Å². The highest BCUT2D eigenvalue weighted by Gasteiger charge is 2.28. The van der Waals surface area contributed by atoms with Gasteiger partial charge in [-0.05, 0) is 38.5 Å². The molecule has 0 spiro atoms. The molecule has 21 heavy (non-hydrogen) atoms. The number of fused-ring (bicyclic) bond motifs is 1. The number of carbonyl (C=O) groups is 1. The van der Waals surface area contributed by atoms with Crippen LogP contribution in [0.3, 0.4) is 0 Å². The van der Waals surface area contributed by atoms with E-state index in [1.807, 2.05) is 0 Å². The summed E-state index contributed by atoms with van der Waals surface area (Å²) in [5, 5.41) is 19.9. The number of aliphatic hydroxyl groups excluding tert-OH is 1. The number of aliphatic hydroxyl groups is 1. The molecule has 5 heteroatoms. The van der Waals surface area contributed by atoms with Crippen molar-refractivity contribution in [1.82, 2.24) is 15.5 Å². The molecule has 2 aliphatic carbocycles. The van der Waals surface area contributed by atoms with Crippen LogP contribution in [0.25, 0.3) is 0 Å². The third kappa shape index (κ3) is 3.12. The molecule has 0 bridgehead atoms. The van der Waals surface area contributed by atoms with Crippen LogP contribution < -0.4 is 5.32 Å². The lowest BCUT2D eigenvalue weighted by molar-refractivity contribution is 0.0893. The standard InChI is InChI=1S/C16H25N3O2/c20-10-11-6-2-1-3-8-13(11)17-16(21)15-12-7-4-5-9-14(12)18-19-15/h11,13,20H,1-10H2,(H,17,21)(H,18,19). The van der Waals surface area contributed by atoms with Crippen molar-refractivity contribution in [2.45, 2.75) is 63.8 Å². The molecule has 1 aromatic heterocycles. The minimum absolute atomic E-state index is 0.0697. The van der Waals surface area contributed by atoms with Crippen molar-refractivity contribution < 1.29 is 9.90 Å². The summed E-state index contributed by atoms with van der Waals surface area (Å²) >= 11 is 0. The Bertz CT molecular complexity index is 498. The fourth-order valence-electron chi connectivity index (χ4n) is 3.70. The van der Waals surface area contributed by atoms with Gasteiger partial charge >= 0.3 is 0 Å². The number of aromatic nitrogens is 2. The summed E-state index contributed by atoms with van der Waals surface area (Å²) in [4.78, 5) is 12.5. The fourth-order valence-corrected chi connectivity index (χ4v) is 3.70. The summed E-state index contributed by atoms with van der Waals surface area (Å²) in [5.41, 5.74) is 2.81. The highest BCUT2D eigenvalue weighted by molar-refractivity contribution is 5.94. The summed E-state index contributed by atoms with van der Waals surface area (Å²) in [7, 11) is 0. The maximum absolute atomic E-state index is 12.5. The van der Waals surface area contributed by atoms with E-state index >= 15 is 0 Å². The Hall–Kier alpha value is -1.36. The number of nitrogens with one attached hydrogen (secondary N) is 2. The van der Waals surface area contributed by atoms with Gasteiger partial charge in [-0.25, -0.2) is 0 Å². The fraction of sp³-hybridized carbons (Fsp3) is 0.750. The normalized spacial score (nSPS) is 26.0. The van der Waals surface area contributed by atoms with Crippen LogP contribution in [0.2, 0.25) is 0 Å². The second kappa shape index (κ2) is 6.60. The van der Waals surface area contributed by atoms with Gasteiger partial charge in [0.1, 0.15) is 0 Å². The molecule has 1 heterocycles. The molecule has 1 amide bonds. The van der Waals surface area contributed by atoms with Crippen molar-refractivity contribution >= 4 is 5.91 Å². The number of hydrogen-bond donors (Lipinski definition) is 3. The van der Waals surface area contributed by atoms with Crippen molar-refractivity contribution in [3.05, 3.63) is 17.0 Å². The predicted octanol–water partition coefficient (Wildman–Crippen LogP) is 1.96. The van der Waals surface area contributed by atoms with Gasteiger partial charge < -0.3 is 10.4 Å². The van der Waals surface area contributed by atoms with Gasteiger partial charge in [0.25, 0.3) is 5.91 Å². The Morgan fingerprint density at radius 2 is 2.00 bits per heavy atom. The maximum atomic E-state index is 12.5.